The Labute approximate surface area is 151 Å². The average Bonchev–Trinajstić information content (AvgIpc) is 2.54. The van der Waals surface area contributed by atoms with Gasteiger partial charge in [0, 0.05) is 38.0 Å². The first kappa shape index (κ1) is 19.1. The van der Waals surface area contributed by atoms with E-state index in [-0.39, 0.29) is 0 Å². The van der Waals surface area contributed by atoms with Crippen LogP contribution in [0, 0.1) is 17.2 Å². The molecule has 0 amide bonds. The third kappa shape index (κ3) is 6.67. The molecule has 134 valence electrons. The van der Waals surface area contributed by atoms with Crippen molar-refractivity contribution in [2.24, 2.45) is 16.8 Å². The maximum Gasteiger partial charge on any atom is 0.122 e. The summed E-state index contributed by atoms with van der Waals surface area (Å²) in [6.45, 7) is 9.27. The second-order valence-electron chi connectivity index (χ2n) is 6.86. The highest BCUT2D eigenvalue weighted by molar-refractivity contribution is 5.83. The van der Waals surface area contributed by atoms with Gasteiger partial charge < -0.3 is 15.6 Å². The van der Waals surface area contributed by atoms with Crippen molar-refractivity contribution in [1.82, 2.24) is 10.2 Å². The zero-order chi connectivity index (χ0) is 18.1. The lowest BCUT2D eigenvalue weighted by Gasteiger charge is -2.34. The van der Waals surface area contributed by atoms with E-state index >= 15 is 0 Å². The molecule has 4 heteroatoms. The Morgan fingerprint density at radius 3 is 3.00 bits per heavy atom. The van der Waals surface area contributed by atoms with Crippen LogP contribution in [0.1, 0.15) is 19.8 Å². The third-order valence-electron chi connectivity index (χ3n) is 4.36. The van der Waals surface area contributed by atoms with Crippen molar-refractivity contribution >= 4 is 12.4 Å². The Hall–Kier alpha value is -2.20. The maximum atomic E-state index is 7.60. The van der Waals surface area contributed by atoms with Crippen molar-refractivity contribution in [1.29, 1.82) is 5.41 Å². The van der Waals surface area contributed by atoms with Crippen LogP contribution in [-0.2, 0) is 0 Å². The standard InChI is InChI=1S/C21H30N4/c1-17-8-4-6-10-23-21(12-17)24-11-7-5-9-18(2)20(14-22)13-19-15-25(3)16-19/h4-6,9-10,12-14,17,19,22,24H,2,7-8,11,15-16H2,1,3H3/b6-4+,9-5-,20-13+,21-12?,22-14?,23-10?. The summed E-state index contributed by atoms with van der Waals surface area (Å²) in [5, 5.41) is 11.0. The lowest BCUT2D eigenvalue weighted by atomic mass is 9.95. The van der Waals surface area contributed by atoms with Gasteiger partial charge in [-0.25, -0.2) is 4.99 Å². The molecule has 2 rings (SSSR count). The van der Waals surface area contributed by atoms with Gasteiger partial charge in [0.1, 0.15) is 5.82 Å². The Kier molecular flexibility index (Phi) is 7.61. The second-order valence-corrected chi connectivity index (χ2v) is 6.86. The minimum atomic E-state index is 0.498. The smallest absolute Gasteiger partial charge is 0.122 e. The van der Waals surface area contributed by atoms with Crippen LogP contribution in [0.3, 0.4) is 0 Å². The first-order valence-electron chi connectivity index (χ1n) is 9.00. The van der Waals surface area contributed by atoms with Gasteiger partial charge in [0.15, 0.2) is 0 Å². The summed E-state index contributed by atoms with van der Waals surface area (Å²) in [5.74, 6) is 1.99. The third-order valence-corrected chi connectivity index (χ3v) is 4.36. The number of likely N-dealkylation sites (tertiary alicyclic amines) is 1. The van der Waals surface area contributed by atoms with E-state index in [4.69, 9.17) is 5.41 Å². The summed E-state index contributed by atoms with van der Waals surface area (Å²) >= 11 is 0. The van der Waals surface area contributed by atoms with E-state index < -0.39 is 0 Å². The van der Waals surface area contributed by atoms with Crippen molar-refractivity contribution in [3.05, 3.63) is 60.0 Å². The summed E-state index contributed by atoms with van der Waals surface area (Å²) < 4.78 is 0. The molecule has 0 aromatic heterocycles. The second kappa shape index (κ2) is 9.94. The highest BCUT2D eigenvalue weighted by Crippen LogP contribution is 2.18. The molecule has 2 aliphatic rings. The molecule has 0 bridgehead atoms. The normalized spacial score (nSPS) is 23.5. The molecule has 0 aromatic rings. The van der Waals surface area contributed by atoms with Gasteiger partial charge in [-0.2, -0.15) is 0 Å². The van der Waals surface area contributed by atoms with Crippen molar-refractivity contribution in [3.8, 4) is 0 Å². The van der Waals surface area contributed by atoms with Crippen LogP contribution < -0.4 is 5.32 Å². The van der Waals surface area contributed by atoms with E-state index in [2.05, 4.69) is 60.1 Å². The van der Waals surface area contributed by atoms with Crippen LogP contribution in [0.15, 0.2) is 65.0 Å². The molecule has 4 nitrogen and oxygen atoms in total. The Morgan fingerprint density at radius 2 is 2.28 bits per heavy atom. The molecule has 0 saturated carbocycles. The Morgan fingerprint density at radius 1 is 1.48 bits per heavy atom. The van der Waals surface area contributed by atoms with Crippen molar-refractivity contribution < 1.29 is 0 Å². The summed E-state index contributed by atoms with van der Waals surface area (Å²) in [4.78, 5) is 6.69. The SMILES string of the molecule is C=C(/C=C\CCNC1=CC(C)C/C=C/C=N1)/C(C=N)=C/C1CN(C)C1. The van der Waals surface area contributed by atoms with Crippen LogP contribution in [-0.4, -0.2) is 44.0 Å². The number of allylic oxidation sites excluding steroid dienone is 6. The summed E-state index contributed by atoms with van der Waals surface area (Å²) in [7, 11) is 2.11. The molecule has 1 unspecified atom stereocenters. The lowest BCUT2D eigenvalue weighted by Crippen LogP contribution is -2.42. The number of nitrogens with one attached hydrogen (secondary N) is 2. The van der Waals surface area contributed by atoms with E-state index in [1.807, 2.05) is 18.4 Å². The lowest BCUT2D eigenvalue weighted by molar-refractivity contribution is 0.170. The molecule has 2 N–H and O–H groups in total. The molecular weight excluding hydrogens is 308 g/mol. The number of nitrogens with zero attached hydrogens (tertiary/aromatic N) is 2. The van der Waals surface area contributed by atoms with Gasteiger partial charge in [-0.15, -0.1) is 0 Å². The molecule has 1 atom stereocenters. The van der Waals surface area contributed by atoms with Crippen molar-refractivity contribution in [3.63, 3.8) is 0 Å². The Bertz CT molecular complexity index is 616. The molecule has 2 heterocycles. The van der Waals surface area contributed by atoms with E-state index in [0.717, 1.165) is 49.4 Å². The average molecular weight is 338 g/mol. The number of rotatable bonds is 8. The van der Waals surface area contributed by atoms with E-state index in [1.54, 1.807) is 0 Å². The molecule has 0 aliphatic carbocycles. The van der Waals surface area contributed by atoms with Crippen LogP contribution in [0.5, 0.6) is 0 Å². The molecule has 1 saturated heterocycles. The number of aliphatic imine (C=N–C) groups is 1. The fourth-order valence-electron chi connectivity index (χ4n) is 2.92. The minimum Gasteiger partial charge on any atom is -0.370 e. The maximum absolute atomic E-state index is 7.60. The van der Waals surface area contributed by atoms with E-state index in [0.29, 0.717) is 11.8 Å². The molecule has 0 aromatic carbocycles. The zero-order valence-electron chi connectivity index (χ0n) is 15.4. The van der Waals surface area contributed by atoms with E-state index in [9.17, 15) is 0 Å². The summed E-state index contributed by atoms with van der Waals surface area (Å²) in [6, 6.07) is 0. The van der Waals surface area contributed by atoms with Gasteiger partial charge in [-0.05, 0) is 49.1 Å². The van der Waals surface area contributed by atoms with Crippen molar-refractivity contribution in [2.45, 2.75) is 19.8 Å². The summed E-state index contributed by atoms with van der Waals surface area (Å²) in [6.07, 6.45) is 17.8. The minimum absolute atomic E-state index is 0.498. The largest absolute Gasteiger partial charge is 0.370 e. The first-order chi connectivity index (χ1) is 12.1. The molecule has 0 spiro atoms. The predicted molar refractivity (Wildman–Crippen MR) is 108 cm³/mol. The van der Waals surface area contributed by atoms with Crippen LogP contribution in [0.25, 0.3) is 0 Å². The Balaban J connectivity index is 1.76. The van der Waals surface area contributed by atoms with Gasteiger partial charge in [-0.3, -0.25) is 0 Å². The quantitative estimate of drug-likeness (QED) is 0.402. The molecule has 25 heavy (non-hydrogen) atoms. The molecular formula is C21H30N4. The number of hydrogen-bond acceptors (Lipinski definition) is 4. The highest BCUT2D eigenvalue weighted by Gasteiger charge is 2.21. The predicted octanol–water partition coefficient (Wildman–Crippen LogP) is 3.72. The first-order valence-corrected chi connectivity index (χ1v) is 9.00. The van der Waals surface area contributed by atoms with Crippen LogP contribution in [0.2, 0.25) is 0 Å². The molecule has 2 aliphatic heterocycles. The number of hydrogen-bond donors (Lipinski definition) is 2. The van der Waals surface area contributed by atoms with Crippen LogP contribution in [0.4, 0.5) is 0 Å². The fraction of sp³-hybridized carbons (Fsp3) is 0.429. The highest BCUT2D eigenvalue weighted by atomic mass is 15.2. The topological polar surface area (TPSA) is 51.5 Å². The van der Waals surface area contributed by atoms with Crippen molar-refractivity contribution in [2.75, 3.05) is 26.7 Å². The van der Waals surface area contributed by atoms with Crippen LogP contribution >= 0.6 is 0 Å². The monoisotopic (exact) mass is 338 g/mol. The zero-order valence-corrected chi connectivity index (χ0v) is 15.4. The van der Waals surface area contributed by atoms with Gasteiger partial charge in [0.05, 0.1) is 0 Å². The van der Waals surface area contributed by atoms with Gasteiger partial charge in [-0.1, -0.05) is 37.8 Å². The molecule has 0 radical (unpaired) electrons. The fourth-order valence-corrected chi connectivity index (χ4v) is 2.92. The van der Waals surface area contributed by atoms with Gasteiger partial charge in [0.2, 0.25) is 0 Å². The molecule has 1 fully saturated rings. The van der Waals surface area contributed by atoms with Gasteiger partial charge >= 0.3 is 0 Å². The van der Waals surface area contributed by atoms with E-state index in [1.165, 1.54) is 6.21 Å². The summed E-state index contributed by atoms with van der Waals surface area (Å²) in [5.41, 5.74) is 1.83. The van der Waals surface area contributed by atoms with Gasteiger partial charge in [0.25, 0.3) is 0 Å².